The fourth-order valence-electron chi connectivity index (χ4n) is 2.13. The van der Waals surface area contributed by atoms with E-state index in [1.54, 1.807) is 18.5 Å². The van der Waals surface area contributed by atoms with Crippen LogP contribution in [0.15, 0.2) is 23.8 Å². The summed E-state index contributed by atoms with van der Waals surface area (Å²) in [5.74, 6) is 0.726. The third kappa shape index (κ3) is 3.62. The van der Waals surface area contributed by atoms with E-state index in [0.29, 0.717) is 32.0 Å². The van der Waals surface area contributed by atoms with E-state index in [0.717, 1.165) is 17.1 Å². The normalized spacial score (nSPS) is 17.8. The second-order valence-electron chi connectivity index (χ2n) is 4.82. The molecule has 0 unspecified atom stereocenters. The fraction of sp³-hybridized carbons (Fsp3) is 0.429. The Morgan fingerprint density at radius 3 is 3.05 bits per heavy atom. The van der Waals surface area contributed by atoms with Gasteiger partial charge in [-0.2, -0.15) is 0 Å². The molecule has 2 aromatic rings. The second kappa shape index (κ2) is 6.73. The van der Waals surface area contributed by atoms with Gasteiger partial charge >= 0.3 is 0 Å². The van der Waals surface area contributed by atoms with Crippen molar-refractivity contribution in [3.63, 3.8) is 0 Å². The van der Waals surface area contributed by atoms with Gasteiger partial charge in [0.15, 0.2) is 10.8 Å². The Morgan fingerprint density at radius 2 is 2.29 bits per heavy atom. The zero-order chi connectivity index (χ0) is 14.5. The third-order valence-corrected chi connectivity index (χ3v) is 4.18. The summed E-state index contributed by atoms with van der Waals surface area (Å²) in [5, 5.41) is 5.73. The number of nitrogens with zero attached hydrogens (tertiary/aromatic N) is 3. The Hall–Kier alpha value is -1.86. The van der Waals surface area contributed by atoms with Crippen molar-refractivity contribution in [3.05, 3.63) is 29.5 Å². The van der Waals surface area contributed by atoms with E-state index < -0.39 is 0 Å². The number of ether oxygens (including phenoxy) is 1. The van der Waals surface area contributed by atoms with Crippen LogP contribution in [0.25, 0.3) is 10.8 Å². The molecular weight excluding hydrogens is 288 g/mol. The van der Waals surface area contributed by atoms with Crippen molar-refractivity contribution in [2.24, 2.45) is 5.92 Å². The molecule has 3 rings (SSSR count). The van der Waals surface area contributed by atoms with Crippen LogP contribution in [0.1, 0.15) is 12.1 Å². The minimum Gasteiger partial charge on any atom is -0.381 e. The van der Waals surface area contributed by atoms with Crippen molar-refractivity contribution >= 4 is 17.2 Å². The van der Waals surface area contributed by atoms with Crippen LogP contribution < -0.4 is 5.32 Å². The van der Waals surface area contributed by atoms with Crippen LogP contribution in [0.4, 0.5) is 0 Å². The van der Waals surface area contributed by atoms with Crippen LogP contribution >= 0.6 is 11.3 Å². The molecule has 1 aliphatic heterocycles. The number of amides is 1. The van der Waals surface area contributed by atoms with Crippen molar-refractivity contribution < 1.29 is 9.53 Å². The monoisotopic (exact) mass is 304 g/mol. The molecule has 1 N–H and O–H groups in total. The minimum atomic E-state index is 0.00807. The summed E-state index contributed by atoms with van der Waals surface area (Å²) in [6.45, 7) is 1.82. The Labute approximate surface area is 126 Å². The molecule has 1 aliphatic rings. The van der Waals surface area contributed by atoms with Crippen LogP contribution in [-0.2, 0) is 16.0 Å². The van der Waals surface area contributed by atoms with Gasteiger partial charge in [0.25, 0.3) is 0 Å². The summed E-state index contributed by atoms with van der Waals surface area (Å²) >= 11 is 1.52. The molecule has 3 heterocycles. The molecule has 1 amide bonds. The molecule has 0 saturated carbocycles. The maximum absolute atomic E-state index is 11.8. The lowest BCUT2D eigenvalue weighted by atomic mass is 10.1. The lowest BCUT2D eigenvalue weighted by Crippen LogP contribution is -2.32. The first kappa shape index (κ1) is 14.1. The Kier molecular flexibility index (Phi) is 4.52. The molecule has 1 saturated heterocycles. The zero-order valence-electron chi connectivity index (χ0n) is 11.5. The van der Waals surface area contributed by atoms with Crippen molar-refractivity contribution in [1.82, 2.24) is 20.3 Å². The highest BCUT2D eigenvalue weighted by Gasteiger charge is 2.22. The maximum atomic E-state index is 11.8. The molecule has 0 aromatic carbocycles. The SMILES string of the molecule is O=C(NCCc1csc(-c2ncccn2)n1)[C@@H]1CCOC1. The number of carbonyl (C=O) groups excluding carboxylic acids is 1. The van der Waals surface area contributed by atoms with E-state index in [9.17, 15) is 4.79 Å². The summed E-state index contributed by atoms with van der Waals surface area (Å²) in [7, 11) is 0. The third-order valence-electron chi connectivity index (χ3n) is 3.29. The number of nitrogens with one attached hydrogen (secondary N) is 1. The van der Waals surface area contributed by atoms with E-state index in [1.807, 2.05) is 5.38 Å². The molecule has 0 bridgehead atoms. The van der Waals surface area contributed by atoms with E-state index in [1.165, 1.54) is 11.3 Å². The van der Waals surface area contributed by atoms with E-state index >= 15 is 0 Å². The van der Waals surface area contributed by atoms with Crippen LogP contribution in [0.5, 0.6) is 0 Å². The van der Waals surface area contributed by atoms with Gasteiger partial charge in [0.05, 0.1) is 18.2 Å². The van der Waals surface area contributed by atoms with Gasteiger partial charge in [0, 0.05) is 37.3 Å². The first-order chi connectivity index (χ1) is 10.3. The molecule has 21 heavy (non-hydrogen) atoms. The number of thiazole rings is 1. The summed E-state index contributed by atoms with van der Waals surface area (Å²) in [6, 6.07) is 1.78. The maximum Gasteiger partial charge on any atom is 0.225 e. The van der Waals surface area contributed by atoms with Gasteiger partial charge in [-0.05, 0) is 12.5 Å². The standard InChI is InChI=1S/C14H16N4O2S/c19-13(10-3-7-20-8-10)17-6-2-11-9-21-14(18-11)12-15-4-1-5-16-12/h1,4-5,9-10H,2-3,6-8H2,(H,17,19)/t10-/m1/s1. The van der Waals surface area contributed by atoms with Crippen LogP contribution in [0, 0.1) is 5.92 Å². The number of hydrogen-bond acceptors (Lipinski definition) is 6. The van der Waals surface area contributed by atoms with Crippen LogP contribution in [-0.4, -0.2) is 40.6 Å². The van der Waals surface area contributed by atoms with Crippen molar-refractivity contribution in [3.8, 4) is 10.8 Å². The van der Waals surface area contributed by atoms with Gasteiger partial charge in [0.2, 0.25) is 5.91 Å². The van der Waals surface area contributed by atoms with Crippen molar-refractivity contribution in [2.45, 2.75) is 12.8 Å². The average molecular weight is 304 g/mol. The molecule has 1 atom stereocenters. The highest BCUT2D eigenvalue weighted by molar-refractivity contribution is 7.13. The molecule has 1 fully saturated rings. The number of hydrogen-bond donors (Lipinski definition) is 1. The first-order valence-corrected chi connectivity index (χ1v) is 7.78. The Bertz CT molecular complexity index is 596. The molecule has 0 aliphatic carbocycles. The Morgan fingerprint density at radius 1 is 1.43 bits per heavy atom. The molecule has 0 radical (unpaired) electrons. The average Bonchev–Trinajstić information content (AvgIpc) is 3.20. The predicted molar refractivity (Wildman–Crippen MR) is 78.8 cm³/mol. The largest absolute Gasteiger partial charge is 0.381 e. The molecular formula is C14H16N4O2S. The quantitative estimate of drug-likeness (QED) is 0.901. The van der Waals surface area contributed by atoms with Gasteiger partial charge in [-0.15, -0.1) is 11.3 Å². The lowest BCUT2D eigenvalue weighted by molar-refractivity contribution is -0.124. The smallest absolute Gasteiger partial charge is 0.225 e. The fourth-order valence-corrected chi connectivity index (χ4v) is 2.93. The van der Waals surface area contributed by atoms with E-state index in [2.05, 4.69) is 20.3 Å². The molecule has 6 nitrogen and oxygen atoms in total. The van der Waals surface area contributed by atoms with Gasteiger partial charge < -0.3 is 10.1 Å². The number of aromatic nitrogens is 3. The topological polar surface area (TPSA) is 77.0 Å². The zero-order valence-corrected chi connectivity index (χ0v) is 12.3. The molecule has 7 heteroatoms. The molecule has 0 spiro atoms. The summed E-state index contributed by atoms with van der Waals surface area (Å²) < 4.78 is 5.21. The first-order valence-electron chi connectivity index (χ1n) is 6.90. The van der Waals surface area contributed by atoms with E-state index in [4.69, 9.17) is 4.74 Å². The lowest BCUT2D eigenvalue weighted by Gasteiger charge is -2.08. The van der Waals surface area contributed by atoms with Crippen LogP contribution in [0.3, 0.4) is 0 Å². The van der Waals surface area contributed by atoms with Gasteiger partial charge in [-0.1, -0.05) is 0 Å². The predicted octanol–water partition coefficient (Wildman–Crippen LogP) is 1.30. The van der Waals surface area contributed by atoms with Gasteiger partial charge in [-0.25, -0.2) is 15.0 Å². The van der Waals surface area contributed by atoms with Gasteiger partial charge in [0.1, 0.15) is 0 Å². The summed E-state index contributed by atoms with van der Waals surface area (Å²) in [4.78, 5) is 24.7. The Balaban J connectivity index is 1.50. The summed E-state index contributed by atoms with van der Waals surface area (Å²) in [6.07, 6.45) is 4.93. The van der Waals surface area contributed by atoms with Crippen molar-refractivity contribution in [2.75, 3.05) is 19.8 Å². The van der Waals surface area contributed by atoms with Gasteiger partial charge in [-0.3, -0.25) is 4.79 Å². The molecule has 110 valence electrons. The summed E-state index contributed by atoms with van der Waals surface area (Å²) in [5.41, 5.74) is 0.949. The second-order valence-corrected chi connectivity index (χ2v) is 5.68. The highest BCUT2D eigenvalue weighted by Crippen LogP contribution is 2.19. The van der Waals surface area contributed by atoms with Crippen LogP contribution in [0.2, 0.25) is 0 Å². The minimum absolute atomic E-state index is 0.00807. The van der Waals surface area contributed by atoms with Crippen molar-refractivity contribution in [1.29, 1.82) is 0 Å². The number of rotatable bonds is 5. The molecule has 2 aromatic heterocycles. The number of carbonyl (C=O) groups is 1. The van der Waals surface area contributed by atoms with E-state index in [-0.39, 0.29) is 11.8 Å². The highest BCUT2D eigenvalue weighted by atomic mass is 32.1.